The Morgan fingerprint density at radius 1 is 1.33 bits per heavy atom. The van der Waals surface area contributed by atoms with Gasteiger partial charge in [0.05, 0.1) is 11.5 Å². The van der Waals surface area contributed by atoms with Crippen LogP contribution in [0.25, 0.3) is 0 Å². The molecule has 3 rings (SSSR count). The number of aryl methyl sites for hydroxylation is 1. The molecular weight excluding hydrogens is 295 g/mol. The lowest BCUT2D eigenvalue weighted by Gasteiger charge is -2.39. The smallest absolute Gasteiger partial charge is 0.245 e. The predicted octanol–water partition coefficient (Wildman–Crippen LogP) is 1.23. The maximum absolute atomic E-state index is 13.4. The second-order valence-corrected chi connectivity index (χ2v) is 7.40. The number of halogens is 1. The van der Waals surface area contributed by atoms with Crippen LogP contribution >= 0.6 is 0 Å². The largest absolute Gasteiger partial charge is 0.358 e. The minimum absolute atomic E-state index is 0.129. The summed E-state index contributed by atoms with van der Waals surface area (Å²) in [6.07, 6.45) is 1.26. The van der Waals surface area contributed by atoms with E-state index in [1.54, 1.807) is 6.92 Å². The highest BCUT2D eigenvalue weighted by Gasteiger charge is 2.49. The van der Waals surface area contributed by atoms with E-state index in [0.717, 1.165) is 13.1 Å². The number of hydrogen-bond donors (Lipinski definition) is 1. The molecule has 2 aliphatic heterocycles. The van der Waals surface area contributed by atoms with Crippen LogP contribution in [0.15, 0.2) is 23.1 Å². The van der Waals surface area contributed by atoms with Crippen LogP contribution in [0, 0.1) is 12.7 Å². The van der Waals surface area contributed by atoms with Crippen LogP contribution in [0.3, 0.4) is 0 Å². The van der Waals surface area contributed by atoms with Crippen molar-refractivity contribution in [2.75, 3.05) is 26.2 Å². The van der Waals surface area contributed by atoms with Gasteiger partial charge in [0.15, 0.2) is 0 Å². The molecule has 2 fully saturated rings. The molecule has 21 heavy (non-hydrogen) atoms. The minimum atomic E-state index is -3.67. The Hall–Kier alpha value is -1.02. The fourth-order valence-corrected chi connectivity index (χ4v) is 4.86. The lowest BCUT2D eigenvalue weighted by atomic mass is 10.0. The fourth-order valence-electron chi connectivity index (χ4n) is 3.05. The molecule has 0 bridgehead atoms. The quantitative estimate of drug-likeness (QED) is 0.892. The van der Waals surface area contributed by atoms with Crippen LogP contribution in [-0.4, -0.2) is 44.7 Å². The zero-order chi connectivity index (χ0) is 15.1. The van der Waals surface area contributed by atoms with Crippen LogP contribution in [0.4, 0.5) is 4.39 Å². The zero-order valence-corrected chi connectivity index (χ0v) is 12.7. The van der Waals surface area contributed by atoms with Crippen LogP contribution in [-0.2, 0) is 14.8 Å². The van der Waals surface area contributed by atoms with Crippen molar-refractivity contribution in [1.29, 1.82) is 0 Å². The van der Waals surface area contributed by atoms with Crippen molar-refractivity contribution in [3.05, 3.63) is 29.6 Å². The second kappa shape index (κ2) is 5.31. The maximum atomic E-state index is 13.4. The lowest BCUT2D eigenvalue weighted by Crippen LogP contribution is -2.53. The van der Waals surface area contributed by atoms with Crippen molar-refractivity contribution in [1.82, 2.24) is 9.62 Å². The van der Waals surface area contributed by atoms with E-state index in [2.05, 4.69) is 5.32 Å². The molecule has 0 unspecified atom stereocenters. The van der Waals surface area contributed by atoms with E-state index in [4.69, 9.17) is 4.74 Å². The SMILES string of the molecule is Cc1cc(S(=O)(=O)N2CCOC23CCNCC3)ccc1F. The molecule has 0 atom stereocenters. The summed E-state index contributed by atoms with van der Waals surface area (Å²) in [4.78, 5) is 0.129. The minimum Gasteiger partial charge on any atom is -0.358 e. The van der Waals surface area contributed by atoms with Crippen LogP contribution in [0.1, 0.15) is 18.4 Å². The van der Waals surface area contributed by atoms with Crippen molar-refractivity contribution in [3.63, 3.8) is 0 Å². The van der Waals surface area contributed by atoms with Gasteiger partial charge in [-0.3, -0.25) is 0 Å². The number of nitrogens with one attached hydrogen (secondary N) is 1. The van der Waals surface area contributed by atoms with Crippen molar-refractivity contribution < 1.29 is 17.5 Å². The molecule has 2 heterocycles. The first-order valence-electron chi connectivity index (χ1n) is 7.09. The average Bonchev–Trinajstić information content (AvgIpc) is 2.86. The molecular formula is C14H19FN2O3S. The standard InChI is InChI=1S/C14H19FN2O3S/c1-11-10-12(2-3-13(11)15)21(18,19)17-8-9-20-14(17)4-6-16-7-5-14/h2-3,10,16H,4-9H2,1H3. The van der Waals surface area contributed by atoms with Gasteiger partial charge in [0.1, 0.15) is 11.5 Å². The number of rotatable bonds is 2. The van der Waals surface area contributed by atoms with Crippen molar-refractivity contribution in [3.8, 4) is 0 Å². The Labute approximate surface area is 124 Å². The van der Waals surface area contributed by atoms with Gasteiger partial charge in [0.2, 0.25) is 10.0 Å². The van der Waals surface area contributed by atoms with Gasteiger partial charge in [-0.1, -0.05) is 0 Å². The highest BCUT2D eigenvalue weighted by atomic mass is 32.2. The third-order valence-corrected chi connectivity index (χ3v) is 6.17. The Balaban J connectivity index is 1.98. The van der Waals surface area contributed by atoms with E-state index in [1.165, 1.54) is 22.5 Å². The van der Waals surface area contributed by atoms with Gasteiger partial charge in [-0.15, -0.1) is 0 Å². The lowest BCUT2D eigenvalue weighted by molar-refractivity contribution is -0.0704. The second-order valence-electron chi connectivity index (χ2n) is 5.53. The highest BCUT2D eigenvalue weighted by molar-refractivity contribution is 7.89. The molecule has 2 saturated heterocycles. The monoisotopic (exact) mass is 314 g/mol. The predicted molar refractivity (Wildman–Crippen MR) is 75.8 cm³/mol. The number of piperidine rings is 1. The zero-order valence-electron chi connectivity index (χ0n) is 11.9. The van der Waals surface area contributed by atoms with Gasteiger partial charge >= 0.3 is 0 Å². The van der Waals surface area contributed by atoms with Crippen molar-refractivity contribution in [2.24, 2.45) is 0 Å². The van der Waals surface area contributed by atoms with Crippen LogP contribution in [0.2, 0.25) is 0 Å². The van der Waals surface area contributed by atoms with Crippen molar-refractivity contribution in [2.45, 2.75) is 30.4 Å². The van der Waals surface area contributed by atoms with Crippen molar-refractivity contribution >= 4 is 10.0 Å². The number of nitrogens with zero attached hydrogens (tertiary/aromatic N) is 1. The van der Waals surface area contributed by atoms with Gasteiger partial charge in [-0.2, -0.15) is 4.31 Å². The van der Waals surface area contributed by atoms with Gasteiger partial charge in [0.25, 0.3) is 0 Å². The molecule has 2 aliphatic rings. The number of ether oxygens (including phenoxy) is 1. The molecule has 5 nitrogen and oxygen atoms in total. The molecule has 0 saturated carbocycles. The molecule has 0 radical (unpaired) electrons. The first-order valence-corrected chi connectivity index (χ1v) is 8.53. The molecule has 7 heteroatoms. The van der Waals surface area contributed by atoms with E-state index >= 15 is 0 Å². The molecule has 0 aliphatic carbocycles. The third kappa shape index (κ3) is 2.48. The van der Waals surface area contributed by atoms with E-state index in [9.17, 15) is 12.8 Å². The summed E-state index contributed by atoms with van der Waals surface area (Å²) in [5.41, 5.74) is -0.414. The van der Waals surface area contributed by atoms with Gasteiger partial charge in [-0.05, 0) is 43.8 Å². The Kier molecular flexibility index (Phi) is 3.77. The molecule has 0 amide bonds. The molecule has 1 spiro atoms. The summed E-state index contributed by atoms with van der Waals surface area (Å²) in [6.45, 7) is 3.77. The molecule has 1 aromatic carbocycles. The first-order chi connectivity index (χ1) is 9.96. The summed E-state index contributed by atoms with van der Waals surface area (Å²) >= 11 is 0. The summed E-state index contributed by atoms with van der Waals surface area (Å²) in [6, 6.07) is 3.91. The Morgan fingerprint density at radius 3 is 2.71 bits per heavy atom. The number of benzene rings is 1. The Bertz CT molecular complexity index is 642. The highest BCUT2D eigenvalue weighted by Crippen LogP contribution is 2.36. The number of sulfonamides is 1. The normalized spacial score (nSPS) is 22.8. The molecule has 1 N–H and O–H groups in total. The average molecular weight is 314 g/mol. The summed E-state index contributed by atoms with van der Waals surface area (Å²) < 4.78 is 46.4. The first kappa shape index (κ1) is 14.9. The molecule has 116 valence electrons. The Morgan fingerprint density at radius 2 is 2.05 bits per heavy atom. The summed E-state index contributed by atoms with van der Waals surface area (Å²) in [5, 5.41) is 3.21. The van der Waals surface area contributed by atoms with Gasteiger partial charge < -0.3 is 10.1 Å². The van der Waals surface area contributed by atoms with Crippen LogP contribution < -0.4 is 5.32 Å². The molecule has 1 aromatic rings. The topological polar surface area (TPSA) is 58.6 Å². The van der Waals surface area contributed by atoms with Gasteiger partial charge in [0, 0.05) is 19.4 Å². The molecule has 0 aromatic heterocycles. The van der Waals surface area contributed by atoms with Crippen LogP contribution in [0.5, 0.6) is 0 Å². The maximum Gasteiger partial charge on any atom is 0.245 e. The number of hydrogen-bond acceptors (Lipinski definition) is 4. The van der Waals surface area contributed by atoms with E-state index < -0.39 is 21.6 Å². The third-order valence-electron chi connectivity index (χ3n) is 4.22. The van der Waals surface area contributed by atoms with E-state index in [0.29, 0.717) is 31.6 Å². The summed E-state index contributed by atoms with van der Waals surface area (Å²) in [7, 11) is -3.67. The van der Waals surface area contributed by atoms with Gasteiger partial charge in [-0.25, -0.2) is 12.8 Å². The summed E-state index contributed by atoms with van der Waals surface area (Å²) in [5.74, 6) is -0.400. The van der Waals surface area contributed by atoms with E-state index in [1.807, 2.05) is 0 Å². The fraction of sp³-hybridized carbons (Fsp3) is 0.571. The van der Waals surface area contributed by atoms with E-state index in [-0.39, 0.29) is 4.90 Å².